The minimum absolute atomic E-state index is 0.0169. The Balaban J connectivity index is 2.36. The summed E-state index contributed by atoms with van der Waals surface area (Å²) in [6.07, 6.45) is 0. The number of halogens is 1. The van der Waals surface area contributed by atoms with Crippen LogP contribution in [0.25, 0.3) is 0 Å². The van der Waals surface area contributed by atoms with Gasteiger partial charge in [0.05, 0.1) is 11.7 Å². The summed E-state index contributed by atoms with van der Waals surface area (Å²) in [6.45, 7) is 3.81. The second-order valence-electron chi connectivity index (χ2n) is 4.74. The molecule has 0 aliphatic carbocycles. The number of rotatable bonds is 7. The van der Waals surface area contributed by atoms with Crippen LogP contribution in [-0.4, -0.2) is 29.3 Å². The molecule has 2 N–H and O–H groups in total. The smallest absolute Gasteiger partial charge is 0.308 e. The zero-order valence-electron chi connectivity index (χ0n) is 11.4. The lowest BCUT2D eigenvalue weighted by atomic mass is 9.96. The zero-order chi connectivity index (χ0) is 15.1. The second kappa shape index (κ2) is 8.17. The third kappa shape index (κ3) is 5.84. The Bertz CT molecular complexity index is 462. The number of carbonyl (C=O) groups is 2. The average Bonchev–Trinajstić information content (AvgIpc) is 2.37. The number of carbonyl (C=O) groups excluding carboxylic acids is 1. The third-order valence-electron chi connectivity index (χ3n) is 2.82. The highest BCUT2D eigenvalue weighted by Crippen LogP contribution is 2.20. The van der Waals surface area contributed by atoms with Crippen molar-refractivity contribution in [3.8, 4) is 0 Å². The average molecular weight is 316 g/mol. The lowest BCUT2D eigenvalue weighted by Gasteiger charge is -2.16. The predicted molar refractivity (Wildman–Crippen MR) is 81.1 cm³/mol. The molecule has 0 bridgehead atoms. The van der Waals surface area contributed by atoms with E-state index >= 15 is 0 Å². The van der Waals surface area contributed by atoms with Crippen molar-refractivity contribution in [3.05, 3.63) is 29.3 Å². The highest BCUT2D eigenvalue weighted by Gasteiger charge is 2.21. The first-order chi connectivity index (χ1) is 9.40. The van der Waals surface area contributed by atoms with Gasteiger partial charge in [-0.3, -0.25) is 9.59 Å². The molecule has 1 rings (SSSR count). The Morgan fingerprint density at radius 1 is 1.30 bits per heavy atom. The van der Waals surface area contributed by atoms with Gasteiger partial charge in [0.25, 0.3) is 0 Å². The highest BCUT2D eigenvalue weighted by atomic mass is 35.5. The maximum atomic E-state index is 11.7. The highest BCUT2D eigenvalue weighted by molar-refractivity contribution is 8.00. The molecule has 0 aliphatic rings. The summed E-state index contributed by atoms with van der Waals surface area (Å²) in [5.41, 5.74) is 0. The number of amides is 1. The molecule has 1 unspecified atom stereocenters. The molecule has 0 spiro atoms. The molecule has 1 amide bonds. The Morgan fingerprint density at radius 3 is 2.40 bits per heavy atom. The number of benzene rings is 1. The Labute approximate surface area is 127 Å². The fourth-order valence-corrected chi connectivity index (χ4v) is 2.42. The number of carboxylic acid groups (broad SMARTS) is 1. The Morgan fingerprint density at radius 2 is 1.90 bits per heavy atom. The minimum Gasteiger partial charge on any atom is -0.481 e. The largest absolute Gasteiger partial charge is 0.481 e. The van der Waals surface area contributed by atoms with Gasteiger partial charge in [-0.25, -0.2) is 0 Å². The lowest BCUT2D eigenvalue weighted by Crippen LogP contribution is -2.36. The van der Waals surface area contributed by atoms with Crippen LogP contribution < -0.4 is 5.32 Å². The first-order valence-electron chi connectivity index (χ1n) is 6.28. The summed E-state index contributed by atoms with van der Waals surface area (Å²) in [4.78, 5) is 23.6. The molecule has 1 atom stereocenters. The van der Waals surface area contributed by atoms with Crippen LogP contribution in [-0.2, 0) is 9.59 Å². The summed E-state index contributed by atoms with van der Waals surface area (Å²) < 4.78 is 0. The van der Waals surface area contributed by atoms with Crippen molar-refractivity contribution < 1.29 is 14.7 Å². The van der Waals surface area contributed by atoms with E-state index in [9.17, 15) is 9.59 Å². The molecule has 0 aromatic heterocycles. The second-order valence-corrected chi connectivity index (χ2v) is 6.22. The van der Waals surface area contributed by atoms with Gasteiger partial charge in [-0.2, -0.15) is 0 Å². The van der Waals surface area contributed by atoms with E-state index in [1.165, 1.54) is 11.8 Å². The van der Waals surface area contributed by atoms with Crippen molar-refractivity contribution in [3.63, 3.8) is 0 Å². The molecule has 0 saturated heterocycles. The van der Waals surface area contributed by atoms with Crippen LogP contribution in [0.3, 0.4) is 0 Å². The lowest BCUT2D eigenvalue weighted by molar-refractivity contribution is -0.143. The molecule has 110 valence electrons. The van der Waals surface area contributed by atoms with Gasteiger partial charge in [0, 0.05) is 16.5 Å². The molecule has 0 heterocycles. The van der Waals surface area contributed by atoms with Gasteiger partial charge in [-0.1, -0.05) is 25.4 Å². The van der Waals surface area contributed by atoms with E-state index in [2.05, 4.69) is 5.32 Å². The Hall–Kier alpha value is -1.20. The summed E-state index contributed by atoms with van der Waals surface area (Å²) in [7, 11) is 0. The first kappa shape index (κ1) is 16.9. The quantitative estimate of drug-likeness (QED) is 0.759. The molecule has 4 nitrogen and oxygen atoms in total. The van der Waals surface area contributed by atoms with Crippen molar-refractivity contribution in [2.24, 2.45) is 11.8 Å². The van der Waals surface area contributed by atoms with Crippen molar-refractivity contribution in [1.29, 1.82) is 0 Å². The summed E-state index contributed by atoms with van der Waals surface area (Å²) in [6, 6.07) is 7.21. The molecule has 0 aliphatic heterocycles. The standard InChI is InChI=1S/C14H18ClNO3S/c1-9(2)12(14(18)19)7-16-13(17)8-20-11-5-3-10(15)4-6-11/h3-6,9,12H,7-8H2,1-2H3,(H,16,17)(H,18,19). The van der Waals surface area contributed by atoms with Crippen molar-refractivity contribution in [2.75, 3.05) is 12.3 Å². The fourth-order valence-electron chi connectivity index (χ4n) is 1.56. The zero-order valence-corrected chi connectivity index (χ0v) is 13.0. The summed E-state index contributed by atoms with van der Waals surface area (Å²) in [5.74, 6) is -1.37. The van der Waals surface area contributed by atoms with E-state index in [0.717, 1.165) is 4.90 Å². The van der Waals surface area contributed by atoms with Crippen LogP contribution in [0.4, 0.5) is 0 Å². The van der Waals surface area contributed by atoms with E-state index in [1.54, 1.807) is 12.1 Å². The normalized spacial score (nSPS) is 12.2. The Kier molecular flexibility index (Phi) is 6.88. The van der Waals surface area contributed by atoms with Gasteiger partial charge in [0.1, 0.15) is 0 Å². The van der Waals surface area contributed by atoms with Gasteiger partial charge >= 0.3 is 5.97 Å². The summed E-state index contributed by atoms with van der Waals surface area (Å²) >= 11 is 7.16. The molecule has 1 aromatic carbocycles. The van der Waals surface area contributed by atoms with Crippen LogP contribution in [0.1, 0.15) is 13.8 Å². The van der Waals surface area contributed by atoms with E-state index in [0.29, 0.717) is 5.02 Å². The molecule has 0 saturated carbocycles. The van der Waals surface area contributed by atoms with Crippen LogP contribution >= 0.6 is 23.4 Å². The number of hydrogen-bond acceptors (Lipinski definition) is 3. The van der Waals surface area contributed by atoms with Crippen LogP contribution in [0, 0.1) is 11.8 Å². The molecular formula is C14H18ClNO3S. The maximum Gasteiger partial charge on any atom is 0.308 e. The van der Waals surface area contributed by atoms with Crippen LogP contribution in [0.5, 0.6) is 0 Å². The van der Waals surface area contributed by atoms with Gasteiger partial charge in [-0.05, 0) is 30.2 Å². The topological polar surface area (TPSA) is 66.4 Å². The monoisotopic (exact) mass is 315 g/mol. The number of thioether (sulfide) groups is 1. The number of carboxylic acids is 1. The molecular weight excluding hydrogens is 298 g/mol. The molecule has 20 heavy (non-hydrogen) atoms. The van der Waals surface area contributed by atoms with Gasteiger partial charge in [-0.15, -0.1) is 11.8 Å². The van der Waals surface area contributed by atoms with E-state index in [4.69, 9.17) is 16.7 Å². The number of nitrogens with one attached hydrogen (secondary N) is 1. The van der Waals surface area contributed by atoms with Crippen molar-refractivity contribution >= 4 is 35.2 Å². The van der Waals surface area contributed by atoms with Crippen molar-refractivity contribution in [2.45, 2.75) is 18.7 Å². The molecule has 1 aromatic rings. The first-order valence-corrected chi connectivity index (χ1v) is 7.64. The molecule has 6 heteroatoms. The molecule has 0 radical (unpaired) electrons. The van der Waals surface area contributed by atoms with Crippen LogP contribution in [0.2, 0.25) is 5.02 Å². The van der Waals surface area contributed by atoms with E-state index in [1.807, 2.05) is 26.0 Å². The maximum absolute atomic E-state index is 11.7. The SMILES string of the molecule is CC(C)C(CNC(=O)CSc1ccc(Cl)cc1)C(=O)O. The minimum atomic E-state index is -0.884. The third-order valence-corrected chi connectivity index (χ3v) is 4.09. The van der Waals surface area contributed by atoms with Crippen molar-refractivity contribution in [1.82, 2.24) is 5.32 Å². The van der Waals surface area contributed by atoms with Gasteiger partial charge in [0.15, 0.2) is 0 Å². The van der Waals surface area contributed by atoms with E-state index < -0.39 is 11.9 Å². The fraction of sp³-hybridized carbons (Fsp3) is 0.429. The summed E-state index contributed by atoms with van der Waals surface area (Å²) in [5, 5.41) is 12.3. The molecule has 0 fully saturated rings. The predicted octanol–water partition coefficient (Wildman–Crippen LogP) is 2.91. The van der Waals surface area contributed by atoms with Gasteiger partial charge < -0.3 is 10.4 Å². The van der Waals surface area contributed by atoms with E-state index in [-0.39, 0.29) is 24.1 Å². The van der Waals surface area contributed by atoms with Crippen LogP contribution in [0.15, 0.2) is 29.2 Å². The van der Waals surface area contributed by atoms with Gasteiger partial charge in [0.2, 0.25) is 5.91 Å². The number of hydrogen-bond donors (Lipinski definition) is 2. The number of aliphatic carboxylic acids is 1.